The Hall–Kier alpha value is -2.87. The molecule has 1 saturated heterocycles. The molecule has 1 fully saturated rings. The molecule has 1 amide bonds. The molecule has 2 aromatic rings. The maximum Gasteiger partial charge on any atom is 0.310 e. The van der Waals surface area contributed by atoms with E-state index in [1.165, 1.54) is 11.8 Å². The molecule has 186 valence electrons. The highest BCUT2D eigenvalue weighted by Crippen LogP contribution is 2.21. The molecule has 8 heteroatoms. The van der Waals surface area contributed by atoms with Gasteiger partial charge in [-0.15, -0.1) is 0 Å². The van der Waals surface area contributed by atoms with E-state index in [2.05, 4.69) is 35.9 Å². The minimum Gasteiger partial charge on any atom is -0.494 e. The van der Waals surface area contributed by atoms with Crippen molar-refractivity contribution in [2.45, 2.75) is 66.1 Å². The molecular formula is C26H37N3O5. The highest BCUT2D eigenvalue weighted by molar-refractivity contribution is 5.92. The lowest BCUT2D eigenvalue weighted by atomic mass is 9.98. The number of ether oxygens (including phenoxy) is 2. The van der Waals surface area contributed by atoms with E-state index >= 15 is 0 Å². The molecule has 2 atom stereocenters. The Morgan fingerprint density at radius 3 is 2.62 bits per heavy atom. The number of oxazole rings is 1. The Labute approximate surface area is 202 Å². The number of aromatic nitrogens is 1. The quantitative estimate of drug-likeness (QED) is 0.452. The van der Waals surface area contributed by atoms with E-state index in [0.717, 1.165) is 31.6 Å². The van der Waals surface area contributed by atoms with Crippen molar-refractivity contribution >= 4 is 11.9 Å². The van der Waals surface area contributed by atoms with E-state index in [1.807, 2.05) is 19.1 Å². The van der Waals surface area contributed by atoms with Crippen LogP contribution in [0.2, 0.25) is 0 Å². The van der Waals surface area contributed by atoms with E-state index < -0.39 is 0 Å². The summed E-state index contributed by atoms with van der Waals surface area (Å²) in [5, 5.41) is 0. The van der Waals surface area contributed by atoms with E-state index in [-0.39, 0.29) is 23.5 Å². The van der Waals surface area contributed by atoms with Crippen molar-refractivity contribution in [1.29, 1.82) is 0 Å². The molecule has 0 spiro atoms. The fraction of sp³-hybridized carbons (Fsp3) is 0.577. The van der Waals surface area contributed by atoms with Crippen LogP contribution in [0, 0.1) is 5.92 Å². The number of hydrogen-bond acceptors (Lipinski definition) is 7. The summed E-state index contributed by atoms with van der Waals surface area (Å²) in [5.74, 6) is 0.651. The van der Waals surface area contributed by atoms with E-state index in [9.17, 15) is 9.59 Å². The number of carbonyl (C=O) groups is 2. The van der Waals surface area contributed by atoms with Crippen LogP contribution in [-0.4, -0.2) is 59.0 Å². The maximum atomic E-state index is 13.0. The van der Waals surface area contributed by atoms with E-state index in [0.29, 0.717) is 44.8 Å². The van der Waals surface area contributed by atoms with Gasteiger partial charge in [-0.1, -0.05) is 19.1 Å². The van der Waals surface area contributed by atoms with Gasteiger partial charge in [-0.05, 0) is 57.7 Å². The van der Waals surface area contributed by atoms with Crippen molar-refractivity contribution in [3.63, 3.8) is 0 Å². The van der Waals surface area contributed by atoms with Gasteiger partial charge in [0, 0.05) is 25.7 Å². The molecule has 1 aromatic carbocycles. The predicted octanol–water partition coefficient (Wildman–Crippen LogP) is 4.29. The normalized spacial score (nSPS) is 17.0. The number of esters is 1. The van der Waals surface area contributed by atoms with Crippen molar-refractivity contribution in [3.05, 3.63) is 47.7 Å². The summed E-state index contributed by atoms with van der Waals surface area (Å²) < 4.78 is 16.4. The van der Waals surface area contributed by atoms with Crippen molar-refractivity contribution < 1.29 is 23.5 Å². The zero-order chi connectivity index (χ0) is 24.5. The van der Waals surface area contributed by atoms with Gasteiger partial charge in [0.15, 0.2) is 5.69 Å². The fourth-order valence-corrected chi connectivity index (χ4v) is 4.15. The van der Waals surface area contributed by atoms with Crippen LogP contribution in [0.15, 0.2) is 34.9 Å². The van der Waals surface area contributed by atoms with Crippen LogP contribution >= 0.6 is 0 Å². The minimum atomic E-state index is -0.279. The van der Waals surface area contributed by atoms with Gasteiger partial charge in [0.1, 0.15) is 12.0 Å². The average Bonchev–Trinajstić information content (AvgIpc) is 3.32. The zero-order valence-electron chi connectivity index (χ0n) is 20.8. The number of amides is 1. The first kappa shape index (κ1) is 25.7. The number of nitrogens with zero attached hydrogens (tertiary/aromatic N) is 3. The largest absolute Gasteiger partial charge is 0.494 e. The molecule has 2 heterocycles. The average molecular weight is 472 g/mol. The van der Waals surface area contributed by atoms with Crippen molar-refractivity contribution in [2.75, 3.05) is 26.3 Å². The smallest absolute Gasteiger partial charge is 0.310 e. The van der Waals surface area contributed by atoms with Gasteiger partial charge in [-0.2, -0.15) is 0 Å². The summed E-state index contributed by atoms with van der Waals surface area (Å²) in [7, 11) is 0. The van der Waals surface area contributed by atoms with Crippen LogP contribution < -0.4 is 4.74 Å². The third-order valence-electron chi connectivity index (χ3n) is 6.27. The second-order valence-electron chi connectivity index (χ2n) is 8.71. The molecule has 1 aliphatic heterocycles. The van der Waals surface area contributed by atoms with Crippen LogP contribution in [-0.2, 0) is 22.6 Å². The molecule has 34 heavy (non-hydrogen) atoms. The number of benzene rings is 1. The molecular weight excluding hydrogens is 434 g/mol. The van der Waals surface area contributed by atoms with Crippen LogP contribution in [0.3, 0.4) is 0 Å². The van der Waals surface area contributed by atoms with Gasteiger partial charge in [0.25, 0.3) is 5.91 Å². The summed E-state index contributed by atoms with van der Waals surface area (Å²) in [6.45, 7) is 11.3. The summed E-state index contributed by atoms with van der Waals surface area (Å²) in [6, 6.07) is 8.42. The topological polar surface area (TPSA) is 85.1 Å². The number of rotatable bonds is 11. The Morgan fingerprint density at radius 2 is 1.94 bits per heavy atom. The summed E-state index contributed by atoms with van der Waals surface area (Å²) in [4.78, 5) is 33.6. The molecule has 0 unspecified atom stereocenters. The van der Waals surface area contributed by atoms with Gasteiger partial charge in [-0.25, -0.2) is 4.98 Å². The first-order chi connectivity index (χ1) is 16.4. The van der Waals surface area contributed by atoms with Crippen LogP contribution in [0.5, 0.6) is 5.75 Å². The fourth-order valence-electron chi connectivity index (χ4n) is 4.15. The van der Waals surface area contributed by atoms with Crippen molar-refractivity contribution in [1.82, 2.24) is 14.8 Å². The van der Waals surface area contributed by atoms with E-state index in [4.69, 9.17) is 13.9 Å². The van der Waals surface area contributed by atoms with E-state index in [1.54, 1.807) is 11.8 Å². The Balaban J connectivity index is 1.64. The molecule has 8 nitrogen and oxygen atoms in total. The van der Waals surface area contributed by atoms with Crippen LogP contribution in [0.25, 0.3) is 0 Å². The molecule has 0 bridgehead atoms. The molecule has 0 N–H and O–H groups in total. The third-order valence-corrected chi connectivity index (χ3v) is 6.27. The van der Waals surface area contributed by atoms with Crippen LogP contribution in [0.4, 0.5) is 0 Å². The Morgan fingerprint density at radius 1 is 1.18 bits per heavy atom. The lowest BCUT2D eigenvalue weighted by Gasteiger charge is -2.30. The SMILES string of the molecule is CCOC(=O)[C@H]1CCCN(C(=O)c2coc(CN(Cc3ccc(OCC)cc3)[C@@H](C)CC)n2)C1. The zero-order valence-corrected chi connectivity index (χ0v) is 20.8. The molecule has 0 aliphatic carbocycles. The lowest BCUT2D eigenvalue weighted by Crippen LogP contribution is -2.43. The second-order valence-corrected chi connectivity index (χ2v) is 8.71. The lowest BCUT2D eigenvalue weighted by molar-refractivity contribution is -0.149. The molecule has 0 radical (unpaired) electrons. The standard InChI is InChI=1S/C26H37N3O5/c1-5-19(4)29(15-20-10-12-22(13-11-20)32-6-2)17-24-27-23(18-34-24)25(30)28-14-8-9-21(16-28)26(31)33-7-3/h10-13,18-19,21H,5-9,14-17H2,1-4H3/t19-,21-/m0/s1. The van der Waals surface area contributed by atoms with Crippen LogP contribution in [0.1, 0.15) is 68.9 Å². The highest BCUT2D eigenvalue weighted by Gasteiger charge is 2.31. The van der Waals surface area contributed by atoms with Crippen molar-refractivity contribution in [2.24, 2.45) is 5.92 Å². The van der Waals surface area contributed by atoms with Crippen molar-refractivity contribution in [3.8, 4) is 5.75 Å². The van der Waals surface area contributed by atoms with Gasteiger partial charge in [-0.3, -0.25) is 14.5 Å². The summed E-state index contributed by atoms with van der Waals surface area (Å²) in [6.07, 6.45) is 3.91. The number of piperidine rings is 1. The minimum absolute atomic E-state index is 0.203. The van der Waals surface area contributed by atoms with Gasteiger partial charge in [0.2, 0.25) is 5.89 Å². The summed E-state index contributed by atoms with van der Waals surface area (Å²) in [5.41, 5.74) is 1.45. The summed E-state index contributed by atoms with van der Waals surface area (Å²) >= 11 is 0. The number of carbonyl (C=O) groups excluding carboxylic acids is 2. The Kier molecular flexibility index (Phi) is 9.51. The van der Waals surface area contributed by atoms with Gasteiger partial charge >= 0.3 is 5.97 Å². The number of hydrogen-bond donors (Lipinski definition) is 0. The Bertz CT molecular complexity index is 927. The first-order valence-corrected chi connectivity index (χ1v) is 12.3. The third kappa shape index (κ3) is 6.82. The predicted molar refractivity (Wildman–Crippen MR) is 128 cm³/mol. The first-order valence-electron chi connectivity index (χ1n) is 12.3. The maximum absolute atomic E-state index is 13.0. The molecule has 1 aliphatic rings. The van der Waals surface area contributed by atoms with Gasteiger partial charge < -0.3 is 18.8 Å². The highest BCUT2D eigenvalue weighted by atomic mass is 16.5. The molecule has 0 saturated carbocycles. The molecule has 1 aromatic heterocycles. The second kappa shape index (κ2) is 12.6. The monoisotopic (exact) mass is 471 g/mol. The molecule has 3 rings (SSSR count). The van der Waals surface area contributed by atoms with Gasteiger partial charge in [0.05, 0.1) is 25.7 Å². The number of likely N-dealkylation sites (tertiary alicyclic amines) is 1.